The van der Waals surface area contributed by atoms with E-state index >= 15 is 0 Å². The Kier molecular flexibility index (Phi) is 2.33. The fourth-order valence-electron chi connectivity index (χ4n) is 2.25. The van der Waals surface area contributed by atoms with Crippen LogP contribution in [0.3, 0.4) is 0 Å². The SMILES string of the molecule is Cc1nc(O)c2cn([C@H]3C[C@H](F)C3)c(=O)cc2n1. The van der Waals surface area contributed by atoms with Crippen LogP contribution in [0.1, 0.15) is 24.7 Å². The molecule has 18 heavy (non-hydrogen) atoms. The van der Waals surface area contributed by atoms with Gasteiger partial charge in [-0.1, -0.05) is 0 Å². The molecule has 0 unspecified atom stereocenters. The van der Waals surface area contributed by atoms with Crippen molar-refractivity contribution in [2.45, 2.75) is 32.0 Å². The van der Waals surface area contributed by atoms with Crippen LogP contribution >= 0.6 is 0 Å². The van der Waals surface area contributed by atoms with Gasteiger partial charge in [-0.25, -0.2) is 9.37 Å². The maximum atomic E-state index is 12.8. The van der Waals surface area contributed by atoms with Crippen molar-refractivity contribution in [1.82, 2.24) is 14.5 Å². The molecule has 6 heteroatoms. The van der Waals surface area contributed by atoms with Crippen LogP contribution in [0.25, 0.3) is 10.9 Å². The minimum atomic E-state index is -0.833. The van der Waals surface area contributed by atoms with E-state index in [0.29, 0.717) is 29.6 Å². The van der Waals surface area contributed by atoms with Crippen LogP contribution in [0, 0.1) is 6.92 Å². The normalized spacial score (nSPS) is 23.0. The second-order valence-electron chi connectivity index (χ2n) is 4.63. The lowest BCUT2D eigenvalue weighted by Gasteiger charge is -2.31. The molecule has 1 aliphatic rings. The minimum absolute atomic E-state index is 0.127. The molecule has 0 amide bonds. The van der Waals surface area contributed by atoms with Gasteiger partial charge in [0.2, 0.25) is 5.88 Å². The molecule has 1 fully saturated rings. The molecule has 1 saturated carbocycles. The topological polar surface area (TPSA) is 68.0 Å². The summed E-state index contributed by atoms with van der Waals surface area (Å²) in [6.45, 7) is 1.64. The summed E-state index contributed by atoms with van der Waals surface area (Å²) >= 11 is 0. The molecule has 1 aliphatic carbocycles. The molecular weight excluding hydrogens is 237 g/mol. The Bertz CT molecular complexity index is 677. The number of nitrogens with zero attached hydrogens (tertiary/aromatic N) is 3. The fraction of sp³-hybridized carbons (Fsp3) is 0.417. The average Bonchev–Trinajstić information content (AvgIpc) is 2.24. The average molecular weight is 249 g/mol. The van der Waals surface area contributed by atoms with Crippen molar-refractivity contribution in [2.75, 3.05) is 0 Å². The number of pyridine rings is 1. The Balaban J connectivity index is 2.17. The zero-order valence-corrected chi connectivity index (χ0v) is 9.80. The van der Waals surface area contributed by atoms with E-state index in [9.17, 15) is 14.3 Å². The Morgan fingerprint density at radius 2 is 2.17 bits per heavy atom. The summed E-state index contributed by atoms with van der Waals surface area (Å²) in [5, 5.41) is 10.2. The predicted molar refractivity (Wildman–Crippen MR) is 63.4 cm³/mol. The standard InChI is InChI=1S/C12H12FN3O2/c1-6-14-10-4-11(17)16(8-2-7(13)3-8)5-9(10)12(18)15-6/h4-5,7-8H,2-3H2,1H3,(H,14,15,18)/t7-,8-. The van der Waals surface area contributed by atoms with Gasteiger partial charge in [0, 0.05) is 18.3 Å². The molecule has 2 aromatic heterocycles. The fourth-order valence-corrected chi connectivity index (χ4v) is 2.25. The monoisotopic (exact) mass is 249 g/mol. The van der Waals surface area contributed by atoms with Gasteiger partial charge in [-0.3, -0.25) is 4.79 Å². The number of rotatable bonds is 1. The zero-order chi connectivity index (χ0) is 12.9. The quantitative estimate of drug-likeness (QED) is 0.831. The van der Waals surface area contributed by atoms with Crippen molar-refractivity contribution in [1.29, 1.82) is 0 Å². The van der Waals surface area contributed by atoms with Crippen molar-refractivity contribution >= 4 is 10.9 Å². The second kappa shape index (κ2) is 3.76. The summed E-state index contributed by atoms with van der Waals surface area (Å²) in [4.78, 5) is 19.8. The molecular formula is C12H12FN3O2. The van der Waals surface area contributed by atoms with Crippen LogP contribution < -0.4 is 5.56 Å². The van der Waals surface area contributed by atoms with E-state index in [-0.39, 0.29) is 17.5 Å². The van der Waals surface area contributed by atoms with E-state index in [1.165, 1.54) is 16.8 Å². The maximum Gasteiger partial charge on any atom is 0.252 e. The molecule has 0 saturated heterocycles. The molecule has 0 bridgehead atoms. The van der Waals surface area contributed by atoms with E-state index in [1.807, 2.05) is 0 Å². The van der Waals surface area contributed by atoms with Gasteiger partial charge in [-0.15, -0.1) is 0 Å². The van der Waals surface area contributed by atoms with Crippen LogP contribution in [0.4, 0.5) is 4.39 Å². The van der Waals surface area contributed by atoms with Crippen molar-refractivity contribution in [3.8, 4) is 5.88 Å². The molecule has 0 atom stereocenters. The molecule has 0 aromatic carbocycles. The summed E-state index contributed by atoms with van der Waals surface area (Å²) < 4.78 is 14.3. The van der Waals surface area contributed by atoms with Gasteiger partial charge in [0.25, 0.3) is 5.56 Å². The lowest BCUT2D eigenvalue weighted by Crippen LogP contribution is -2.34. The summed E-state index contributed by atoms with van der Waals surface area (Å²) in [6.07, 6.45) is 1.38. The smallest absolute Gasteiger partial charge is 0.252 e. The number of aryl methyl sites for hydroxylation is 1. The van der Waals surface area contributed by atoms with Gasteiger partial charge in [-0.2, -0.15) is 4.98 Å². The molecule has 0 radical (unpaired) electrons. The molecule has 0 spiro atoms. The van der Waals surface area contributed by atoms with Crippen LogP contribution in [0.5, 0.6) is 5.88 Å². The first-order valence-electron chi connectivity index (χ1n) is 5.78. The number of aromatic hydroxyl groups is 1. The van der Waals surface area contributed by atoms with Gasteiger partial charge in [0.15, 0.2) is 0 Å². The lowest BCUT2D eigenvalue weighted by molar-refractivity contribution is 0.134. The van der Waals surface area contributed by atoms with Crippen molar-refractivity contribution in [3.05, 3.63) is 28.4 Å². The summed E-state index contributed by atoms with van der Waals surface area (Å²) in [5.74, 6) is 0.256. The number of hydrogen-bond acceptors (Lipinski definition) is 4. The zero-order valence-electron chi connectivity index (χ0n) is 9.80. The van der Waals surface area contributed by atoms with Crippen LogP contribution in [0.2, 0.25) is 0 Å². The summed E-state index contributed by atoms with van der Waals surface area (Å²) in [5.41, 5.74) is 0.189. The van der Waals surface area contributed by atoms with Crippen LogP contribution in [-0.2, 0) is 0 Å². The highest BCUT2D eigenvalue weighted by Gasteiger charge is 2.31. The largest absolute Gasteiger partial charge is 0.493 e. The number of hydrogen-bond donors (Lipinski definition) is 1. The third kappa shape index (κ3) is 1.64. The molecule has 94 valence electrons. The van der Waals surface area contributed by atoms with Gasteiger partial charge in [-0.05, 0) is 19.8 Å². The summed E-state index contributed by atoms with van der Waals surface area (Å²) in [6, 6.07) is 1.23. The first kappa shape index (κ1) is 11.1. The molecule has 1 N–H and O–H groups in total. The van der Waals surface area contributed by atoms with Crippen LogP contribution in [-0.4, -0.2) is 25.8 Å². The van der Waals surface area contributed by atoms with E-state index in [2.05, 4.69) is 9.97 Å². The molecule has 5 nitrogen and oxygen atoms in total. The van der Waals surface area contributed by atoms with Crippen molar-refractivity contribution < 1.29 is 9.50 Å². The number of alkyl halides is 1. The first-order valence-corrected chi connectivity index (χ1v) is 5.78. The molecule has 0 aliphatic heterocycles. The number of aromatic nitrogens is 3. The summed E-state index contributed by atoms with van der Waals surface area (Å²) in [7, 11) is 0. The number of fused-ring (bicyclic) bond motifs is 1. The third-order valence-corrected chi connectivity index (χ3v) is 3.30. The highest BCUT2D eigenvalue weighted by molar-refractivity contribution is 5.82. The lowest BCUT2D eigenvalue weighted by atomic mass is 9.90. The highest BCUT2D eigenvalue weighted by Crippen LogP contribution is 2.34. The Morgan fingerprint density at radius 3 is 2.83 bits per heavy atom. The first-order chi connectivity index (χ1) is 8.54. The minimum Gasteiger partial charge on any atom is -0.493 e. The highest BCUT2D eigenvalue weighted by atomic mass is 19.1. The molecule has 3 rings (SSSR count). The third-order valence-electron chi connectivity index (χ3n) is 3.30. The number of halogens is 1. The van der Waals surface area contributed by atoms with Gasteiger partial charge < -0.3 is 9.67 Å². The Labute approximate surface area is 102 Å². The second-order valence-corrected chi connectivity index (χ2v) is 4.63. The molecule has 2 heterocycles. The van der Waals surface area contributed by atoms with E-state index < -0.39 is 6.17 Å². The van der Waals surface area contributed by atoms with Gasteiger partial charge in [0.05, 0.1) is 10.9 Å². The van der Waals surface area contributed by atoms with E-state index in [0.717, 1.165) is 0 Å². The molecule has 2 aromatic rings. The Morgan fingerprint density at radius 1 is 1.44 bits per heavy atom. The van der Waals surface area contributed by atoms with Gasteiger partial charge >= 0.3 is 0 Å². The van der Waals surface area contributed by atoms with Crippen molar-refractivity contribution in [2.24, 2.45) is 0 Å². The van der Waals surface area contributed by atoms with E-state index in [4.69, 9.17) is 0 Å². The van der Waals surface area contributed by atoms with Crippen molar-refractivity contribution in [3.63, 3.8) is 0 Å². The van der Waals surface area contributed by atoms with E-state index in [1.54, 1.807) is 6.92 Å². The maximum absolute atomic E-state index is 12.8. The van der Waals surface area contributed by atoms with Crippen LogP contribution in [0.15, 0.2) is 17.1 Å². The Hall–Kier alpha value is -1.98. The van der Waals surface area contributed by atoms with Gasteiger partial charge in [0.1, 0.15) is 12.0 Å². The predicted octanol–water partition coefficient (Wildman–Crippen LogP) is 1.48.